The van der Waals surface area contributed by atoms with Crippen LogP contribution in [-0.2, 0) is 0 Å². The summed E-state index contributed by atoms with van der Waals surface area (Å²) in [6.45, 7) is 1.80. The maximum Gasteiger partial charge on any atom is 0.293 e. The number of hydrogen-bond acceptors (Lipinski definition) is 3. The molecular weight excluding hydrogens is 260 g/mol. The minimum atomic E-state index is -0.215. The topological polar surface area (TPSA) is 59.5 Å². The van der Waals surface area contributed by atoms with Gasteiger partial charge in [-0.3, -0.25) is 4.79 Å². The summed E-state index contributed by atoms with van der Waals surface area (Å²) in [7, 11) is 1.68. The molecule has 0 saturated carbocycles. The van der Waals surface area contributed by atoms with Crippen molar-refractivity contribution in [2.45, 2.75) is 6.92 Å². The highest BCUT2D eigenvalue weighted by Crippen LogP contribution is 2.18. The highest BCUT2D eigenvalue weighted by Gasteiger charge is 2.17. The Kier molecular flexibility index (Phi) is 3.66. The number of carbonyl (C=O) groups excluding carboxylic acids is 1. The quantitative estimate of drug-likeness (QED) is 0.874. The zero-order valence-electron chi connectivity index (χ0n) is 10.7. The Morgan fingerprint density at radius 3 is 2.63 bits per heavy atom. The van der Waals surface area contributed by atoms with Gasteiger partial charge in [-0.2, -0.15) is 0 Å². The van der Waals surface area contributed by atoms with Crippen LogP contribution in [-0.4, -0.2) is 17.9 Å². The van der Waals surface area contributed by atoms with E-state index in [9.17, 15) is 4.79 Å². The van der Waals surface area contributed by atoms with Crippen molar-refractivity contribution >= 4 is 28.8 Å². The molecule has 1 heterocycles. The molecular formula is C14H14N2O2S. The van der Waals surface area contributed by atoms with E-state index in [0.717, 1.165) is 5.56 Å². The van der Waals surface area contributed by atoms with Gasteiger partial charge in [-0.05, 0) is 31.2 Å². The SMILES string of the molecule is Cc1ccc(C(=O)N(C)c2cccc(C(N)=S)c2)o1. The third-order valence-electron chi connectivity index (χ3n) is 2.77. The van der Waals surface area contributed by atoms with Crippen molar-refractivity contribution < 1.29 is 9.21 Å². The Bertz CT molecular complexity index is 634. The fourth-order valence-corrected chi connectivity index (χ4v) is 1.83. The Morgan fingerprint density at radius 2 is 2.05 bits per heavy atom. The number of furan rings is 1. The Balaban J connectivity index is 2.28. The van der Waals surface area contributed by atoms with Crippen molar-refractivity contribution in [1.82, 2.24) is 0 Å². The van der Waals surface area contributed by atoms with Crippen molar-refractivity contribution in [3.05, 3.63) is 53.5 Å². The van der Waals surface area contributed by atoms with E-state index >= 15 is 0 Å². The van der Waals surface area contributed by atoms with E-state index < -0.39 is 0 Å². The van der Waals surface area contributed by atoms with Crippen LogP contribution in [0.25, 0.3) is 0 Å². The first-order valence-corrected chi connectivity index (χ1v) is 6.14. The number of rotatable bonds is 3. The van der Waals surface area contributed by atoms with Crippen LogP contribution in [0.1, 0.15) is 21.9 Å². The number of carbonyl (C=O) groups is 1. The smallest absolute Gasteiger partial charge is 0.293 e. The van der Waals surface area contributed by atoms with Crippen molar-refractivity contribution in [1.29, 1.82) is 0 Å². The summed E-state index contributed by atoms with van der Waals surface area (Å²) in [5.41, 5.74) is 7.02. The Labute approximate surface area is 116 Å². The van der Waals surface area contributed by atoms with Gasteiger partial charge in [0.1, 0.15) is 10.7 Å². The molecule has 2 aromatic rings. The second kappa shape index (κ2) is 5.24. The summed E-state index contributed by atoms with van der Waals surface area (Å²) in [5.74, 6) is 0.794. The van der Waals surface area contributed by atoms with E-state index in [1.165, 1.54) is 4.90 Å². The zero-order valence-corrected chi connectivity index (χ0v) is 11.5. The molecule has 2 rings (SSSR count). The Morgan fingerprint density at radius 1 is 1.32 bits per heavy atom. The molecule has 1 aromatic heterocycles. The monoisotopic (exact) mass is 274 g/mol. The number of hydrogen-bond donors (Lipinski definition) is 1. The van der Waals surface area contributed by atoms with Crippen LogP contribution in [0.15, 0.2) is 40.8 Å². The van der Waals surface area contributed by atoms with Gasteiger partial charge in [-0.25, -0.2) is 0 Å². The largest absolute Gasteiger partial charge is 0.456 e. The highest BCUT2D eigenvalue weighted by molar-refractivity contribution is 7.80. The molecule has 4 nitrogen and oxygen atoms in total. The number of thiocarbonyl (C=S) groups is 1. The molecule has 1 amide bonds. The lowest BCUT2D eigenvalue weighted by atomic mass is 10.2. The van der Waals surface area contributed by atoms with Gasteiger partial charge in [-0.15, -0.1) is 0 Å². The lowest BCUT2D eigenvalue weighted by Crippen LogP contribution is -2.26. The van der Waals surface area contributed by atoms with Crippen molar-refractivity contribution in [2.24, 2.45) is 5.73 Å². The van der Waals surface area contributed by atoms with E-state index in [0.29, 0.717) is 22.2 Å². The number of nitrogens with two attached hydrogens (primary N) is 1. The van der Waals surface area contributed by atoms with Crippen molar-refractivity contribution in [3.63, 3.8) is 0 Å². The number of amides is 1. The summed E-state index contributed by atoms with van der Waals surface area (Å²) < 4.78 is 5.32. The molecule has 19 heavy (non-hydrogen) atoms. The lowest BCUT2D eigenvalue weighted by molar-refractivity contribution is 0.0965. The van der Waals surface area contributed by atoms with Gasteiger partial charge in [-0.1, -0.05) is 24.4 Å². The maximum absolute atomic E-state index is 12.2. The predicted octanol–water partition coefficient (Wildman–Crippen LogP) is 2.50. The molecule has 1 aromatic carbocycles. The first-order valence-electron chi connectivity index (χ1n) is 5.73. The van der Waals surface area contributed by atoms with Crippen LogP contribution < -0.4 is 10.6 Å². The molecule has 0 bridgehead atoms. The average Bonchev–Trinajstić information content (AvgIpc) is 2.84. The molecule has 0 aliphatic heterocycles. The first-order chi connectivity index (χ1) is 8.99. The average molecular weight is 274 g/mol. The third-order valence-corrected chi connectivity index (χ3v) is 3.01. The molecule has 98 valence electrons. The fourth-order valence-electron chi connectivity index (χ4n) is 1.70. The van der Waals surface area contributed by atoms with Crippen LogP contribution in [0.4, 0.5) is 5.69 Å². The molecule has 0 aliphatic rings. The van der Waals surface area contributed by atoms with Gasteiger partial charge in [0.2, 0.25) is 0 Å². The second-order valence-corrected chi connectivity index (χ2v) is 4.63. The summed E-state index contributed by atoms with van der Waals surface area (Å²) in [6, 6.07) is 10.6. The molecule has 0 atom stereocenters. The normalized spacial score (nSPS) is 10.2. The fraction of sp³-hybridized carbons (Fsp3) is 0.143. The van der Waals surface area contributed by atoms with Gasteiger partial charge < -0.3 is 15.1 Å². The van der Waals surface area contributed by atoms with E-state index in [1.807, 2.05) is 6.07 Å². The standard InChI is InChI=1S/C14H14N2O2S/c1-9-6-7-12(18-9)14(17)16(2)11-5-3-4-10(8-11)13(15)19/h3-8H,1-2H3,(H2,15,19). The lowest BCUT2D eigenvalue weighted by Gasteiger charge is -2.16. The van der Waals surface area contributed by atoms with Crippen LogP contribution in [0.3, 0.4) is 0 Å². The van der Waals surface area contributed by atoms with Crippen LogP contribution in [0.2, 0.25) is 0 Å². The molecule has 0 unspecified atom stereocenters. The molecule has 0 radical (unpaired) electrons. The maximum atomic E-state index is 12.2. The molecule has 0 aliphatic carbocycles. The second-order valence-electron chi connectivity index (χ2n) is 4.19. The Hall–Kier alpha value is -2.14. The minimum absolute atomic E-state index is 0.215. The minimum Gasteiger partial charge on any atom is -0.456 e. The van der Waals surface area contributed by atoms with E-state index in [-0.39, 0.29) is 5.91 Å². The number of anilines is 1. The van der Waals surface area contributed by atoms with Crippen LogP contribution in [0.5, 0.6) is 0 Å². The predicted molar refractivity (Wildman–Crippen MR) is 78.5 cm³/mol. The number of nitrogens with zero attached hydrogens (tertiary/aromatic N) is 1. The van der Waals surface area contributed by atoms with Gasteiger partial charge in [0.25, 0.3) is 5.91 Å². The van der Waals surface area contributed by atoms with Crippen molar-refractivity contribution in [3.8, 4) is 0 Å². The summed E-state index contributed by atoms with van der Waals surface area (Å²) in [6.07, 6.45) is 0. The van der Waals surface area contributed by atoms with Crippen LogP contribution in [0, 0.1) is 6.92 Å². The molecule has 5 heteroatoms. The summed E-state index contributed by atoms with van der Waals surface area (Å²) >= 11 is 4.93. The zero-order chi connectivity index (χ0) is 14.0. The van der Waals surface area contributed by atoms with E-state index in [4.69, 9.17) is 22.4 Å². The van der Waals surface area contributed by atoms with Crippen molar-refractivity contribution in [2.75, 3.05) is 11.9 Å². The summed E-state index contributed by atoms with van der Waals surface area (Å²) in [5, 5.41) is 0. The number of benzene rings is 1. The molecule has 0 spiro atoms. The van der Waals surface area contributed by atoms with E-state index in [2.05, 4.69) is 0 Å². The third kappa shape index (κ3) is 2.82. The summed E-state index contributed by atoms with van der Waals surface area (Å²) in [4.78, 5) is 14.0. The van der Waals surface area contributed by atoms with Crippen LogP contribution >= 0.6 is 12.2 Å². The van der Waals surface area contributed by atoms with Gasteiger partial charge in [0, 0.05) is 18.3 Å². The van der Waals surface area contributed by atoms with Gasteiger partial charge >= 0.3 is 0 Å². The molecule has 0 saturated heterocycles. The molecule has 0 fully saturated rings. The van der Waals surface area contributed by atoms with E-state index in [1.54, 1.807) is 44.3 Å². The number of aryl methyl sites for hydroxylation is 1. The molecule has 2 N–H and O–H groups in total. The van der Waals surface area contributed by atoms with Gasteiger partial charge in [0.05, 0.1) is 0 Å². The van der Waals surface area contributed by atoms with Gasteiger partial charge in [0.15, 0.2) is 5.76 Å². The highest BCUT2D eigenvalue weighted by atomic mass is 32.1. The first kappa shape index (κ1) is 13.3.